The fourth-order valence-electron chi connectivity index (χ4n) is 1.16. The molecule has 0 bridgehead atoms. The molecule has 0 saturated heterocycles. The van der Waals surface area contributed by atoms with Crippen molar-refractivity contribution < 1.29 is 33.5 Å². The van der Waals surface area contributed by atoms with Crippen molar-refractivity contribution in [3.05, 3.63) is 29.3 Å². The Bertz CT molecular complexity index is 303. The summed E-state index contributed by atoms with van der Waals surface area (Å²) in [5.74, 6) is -0.638. The molecule has 0 radical (unpaired) electrons. The van der Waals surface area contributed by atoms with Crippen LogP contribution in [0.15, 0.2) is 18.2 Å². The SMILES string of the molecule is Cc1cc(C)cc(OCC(=O)[O-])c1.[Li+]. The van der Waals surface area contributed by atoms with Crippen LogP contribution >= 0.6 is 0 Å². The number of hydrogen-bond donors (Lipinski definition) is 0. The van der Waals surface area contributed by atoms with Crippen LogP contribution in [-0.2, 0) is 4.79 Å². The molecule has 1 aromatic rings. The van der Waals surface area contributed by atoms with Crippen molar-refractivity contribution in [2.24, 2.45) is 0 Å². The van der Waals surface area contributed by atoms with Crippen LogP contribution in [0.2, 0.25) is 0 Å². The molecule has 1 rings (SSSR count). The number of aryl methyl sites for hydroxylation is 2. The standard InChI is InChI=1S/C10H12O3.Li/c1-7-3-8(2)5-9(4-7)13-6-10(11)12;/h3-5H,6H2,1-2H3,(H,11,12);/q;+1/p-1. The molecule has 0 aliphatic rings. The minimum atomic E-state index is -1.21. The second-order valence-electron chi connectivity index (χ2n) is 2.98. The van der Waals surface area contributed by atoms with Crippen molar-refractivity contribution in [3.8, 4) is 5.75 Å². The maximum absolute atomic E-state index is 10.1. The van der Waals surface area contributed by atoms with Crippen molar-refractivity contribution in [1.29, 1.82) is 0 Å². The van der Waals surface area contributed by atoms with Crippen LogP contribution < -0.4 is 28.7 Å². The number of benzene rings is 1. The predicted molar refractivity (Wildman–Crippen MR) is 46.4 cm³/mol. The van der Waals surface area contributed by atoms with Crippen molar-refractivity contribution in [1.82, 2.24) is 0 Å². The molecule has 0 unspecified atom stereocenters. The molecule has 0 amide bonds. The van der Waals surface area contributed by atoms with Gasteiger partial charge in [-0.25, -0.2) is 0 Å². The second-order valence-corrected chi connectivity index (χ2v) is 2.98. The fourth-order valence-corrected chi connectivity index (χ4v) is 1.16. The first-order valence-electron chi connectivity index (χ1n) is 3.99. The van der Waals surface area contributed by atoms with E-state index in [4.69, 9.17) is 4.74 Å². The summed E-state index contributed by atoms with van der Waals surface area (Å²) in [7, 11) is 0. The summed E-state index contributed by atoms with van der Waals surface area (Å²) in [6.07, 6.45) is 0. The van der Waals surface area contributed by atoms with Gasteiger partial charge >= 0.3 is 18.9 Å². The molecule has 0 saturated carbocycles. The van der Waals surface area contributed by atoms with E-state index in [1.54, 1.807) is 12.1 Å². The maximum Gasteiger partial charge on any atom is 1.00 e. The molecule has 14 heavy (non-hydrogen) atoms. The average Bonchev–Trinajstić information content (AvgIpc) is 1.99. The maximum atomic E-state index is 10.1. The van der Waals surface area contributed by atoms with E-state index in [2.05, 4.69) is 0 Å². The van der Waals surface area contributed by atoms with Crippen molar-refractivity contribution in [3.63, 3.8) is 0 Å². The van der Waals surface area contributed by atoms with E-state index in [1.165, 1.54) is 0 Å². The van der Waals surface area contributed by atoms with E-state index in [1.807, 2.05) is 19.9 Å². The van der Waals surface area contributed by atoms with Crippen LogP contribution in [0.1, 0.15) is 11.1 Å². The number of carboxylic acid groups (broad SMARTS) is 1. The van der Waals surface area contributed by atoms with Crippen molar-refractivity contribution >= 4 is 5.97 Å². The molecule has 0 aliphatic heterocycles. The quantitative estimate of drug-likeness (QED) is 0.488. The number of carbonyl (C=O) groups excluding carboxylic acids is 1. The molecule has 0 heterocycles. The molecular formula is C10H11LiO3. The third-order valence-corrected chi connectivity index (χ3v) is 1.55. The Morgan fingerprint density at radius 2 is 1.79 bits per heavy atom. The number of carbonyl (C=O) groups is 1. The Morgan fingerprint density at radius 1 is 1.29 bits per heavy atom. The van der Waals surface area contributed by atoms with Gasteiger partial charge in [0.1, 0.15) is 12.4 Å². The zero-order valence-electron chi connectivity index (χ0n) is 8.66. The van der Waals surface area contributed by atoms with Gasteiger partial charge < -0.3 is 14.6 Å². The minimum absolute atomic E-state index is 0. The predicted octanol–water partition coefficient (Wildman–Crippen LogP) is -2.56. The zero-order chi connectivity index (χ0) is 9.84. The summed E-state index contributed by atoms with van der Waals surface area (Å²) in [5, 5.41) is 10.1. The molecule has 0 fully saturated rings. The Morgan fingerprint density at radius 3 is 2.21 bits per heavy atom. The largest absolute Gasteiger partial charge is 1.00 e. The van der Waals surface area contributed by atoms with Crippen LogP contribution in [0, 0.1) is 13.8 Å². The molecule has 70 valence electrons. The average molecular weight is 186 g/mol. The van der Waals surface area contributed by atoms with Gasteiger partial charge in [0, 0.05) is 0 Å². The zero-order valence-corrected chi connectivity index (χ0v) is 8.66. The van der Waals surface area contributed by atoms with Gasteiger partial charge in [-0.05, 0) is 37.1 Å². The number of carboxylic acids is 1. The van der Waals surface area contributed by atoms with Gasteiger partial charge in [-0.1, -0.05) is 6.07 Å². The fraction of sp³-hybridized carbons (Fsp3) is 0.300. The molecule has 0 N–H and O–H groups in total. The van der Waals surface area contributed by atoms with E-state index >= 15 is 0 Å². The van der Waals surface area contributed by atoms with Crippen LogP contribution in [-0.4, -0.2) is 12.6 Å². The monoisotopic (exact) mass is 186 g/mol. The second kappa shape index (κ2) is 5.74. The first-order valence-corrected chi connectivity index (χ1v) is 3.99. The van der Waals surface area contributed by atoms with E-state index in [0.717, 1.165) is 11.1 Å². The van der Waals surface area contributed by atoms with Crippen LogP contribution in [0.5, 0.6) is 5.75 Å². The Hall–Kier alpha value is -0.913. The summed E-state index contributed by atoms with van der Waals surface area (Å²) in [4.78, 5) is 10.1. The van der Waals surface area contributed by atoms with Crippen LogP contribution in [0.3, 0.4) is 0 Å². The number of hydrogen-bond acceptors (Lipinski definition) is 3. The topological polar surface area (TPSA) is 49.4 Å². The van der Waals surface area contributed by atoms with Gasteiger partial charge in [0.25, 0.3) is 0 Å². The normalized spacial score (nSPS) is 9.00. The molecule has 0 aromatic heterocycles. The Labute approximate surface area is 95.3 Å². The Balaban J connectivity index is 0.00000169. The van der Waals surface area contributed by atoms with Gasteiger partial charge in [0.2, 0.25) is 0 Å². The van der Waals surface area contributed by atoms with Crippen molar-refractivity contribution in [2.75, 3.05) is 6.61 Å². The van der Waals surface area contributed by atoms with E-state index in [9.17, 15) is 9.90 Å². The molecular weight excluding hydrogens is 175 g/mol. The van der Waals surface area contributed by atoms with E-state index in [0.29, 0.717) is 5.75 Å². The van der Waals surface area contributed by atoms with Gasteiger partial charge in [-0.3, -0.25) is 0 Å². The molecule has 3 nitrogen and oxygen atoms in total. The summed E-state index contributed by atoms with van der Waals surface area (Å²) < 4.78 is 4.97. The van der Waals surface area contributed by atoms with Gasteiger partial charge in [0.05, 0.1) is 5.97 Å². The Kier molecular flexibility index (Phi) is 5.37. The molecule has 4 heteroatoms. The van der Waals surface area contributed by atoms with Gasteiger partial charge in [-0.2, -0.15) is 0 Å². The minimum Gasteiger partial charge on any atom is -0.546 e. The van der Waals surface area contributed by atoms with Crippen LogP contribution in [0.25, 0.3) is 0 Å². The molecule has 1 aromatic carbocycles. The molecule has 0 atom stereocenters. The smallest absolute Gasteiger partial charge is 0.546 e. The molecule has 0 spiro atoms. The molecule has 0 aliphatic carbocycles. The summed E-state index contributed by atoms with van der Waals surface area (Å²) in [6, 6.07) is 5.57. The summed E-state index contributed by atoms with van der Waals surface area (Å²) in [5.41, 5.74) is 2.10. The van der Waals surface area contributed by atoms with Gasteiger partial charge in [0.15, 0.2) is 0 Å². The third kappa shape index (κ3) is 4.36. The number of ether oxygens (including phenoxy) is 1. The first kappa shape index (κ1) is 13.1. The summed E-state index contributed by atoms with van der Waals surface area (Å²) in [6.45, 7) is 3.46. The third-order valence-electron chi connectivity index (χ3n) is 1.55. The first-order chi connectivity index (χ1) is 6.08. The van der Waals surface area contributed by atoms with Crippen molar-refractivity contribution in [2.45, 2.75) is 13.8 Å². The van der Waals surface area contributed by atoms with Gasteiger partial charge in [-0.15, -0.1) is 0 Å². The van der Waals surface area contributed by atoms with Crippen LogP contribution in [0.4, 0.5) is 0 Å². The number of rotatable bonds is 3. The van der Waals surface area contributed by atoms with E-state index in [-0.39, 0.29) is 18.9 Å². The number of aliphatic carboxylic acids is 1. The summed E-state index contributed by atoms with van der Waals surface area (Å²) >= 11 is 0. The van der Waals surface area contributed by atoms with E-state index < -0.39 is 12.6 Å².